The van der Waals surface area contributed by atoms with Crippen molar-refractivity contribution < 1.29 is 19.1 Å². The molecule has 1 amide bonds. The molecule has 1 saturated carbocycles. The number of carbonyl (C=O) groups is 2. The molecule has 27 heavy (non-hydrogen) atoms. The average molecular weight is 396 g/mol. The molecule has 5 nitrogen and oxygen atoms in total. The van der Waals surface area contributed by atoms with E-state index in [-0.39, 0.29) is 24.0 Å². The number of nitrogens with one attached hydrogen (secondary N) is 1. The quantitative estimate of drug-likeness (QED) is 0.604. The van der Waals surface area contributed by atoms with Crippen molar-refractivity contribution in [3.8, 4) is 0 Å². The fourth-order valence-electron chi connectivity index (χ4n) is 3.26. The zero-order valence-electron chi connectivity index (χ0n) is 16.4. The SMILES string of the molecule is CCOC(=O)C(Cc1ccc(C(=O)NC2CCC2)cc1Cl)C(CC)OCC. The first kappa shape index (κ1) is 21.7. The van der Waals surface area contributed by atoms with Crippen molar-refractivity contribution in [2.75, 3.05) is 13.2 Å². The summed E-state index contributed by atoms with van der Waals surface area (Å²) in [7, 11) is 0. The molecule has 0 bridgehead atoms. The van der Waals surface area contributed by atoms with Gasteiger partial charge in [0, 0.05) is 23.2 Å². The maximum absolute atomic E-state index is 12.5. The number of halogens is 1. The first-order valence-electron chi connectivity index (χ1n) is 9.87. The molecule has 6 heteroatoms. The van der Waals surface area contributed by atoms with Gasteiger partial charge in [-0.1, -0.05) is 24.6 Å². The largest absolute Gasteiger partial charge is 0.466 e. The minimum Gasteiger partial charge on any atom is -0.466 e. The molecule has 1 aromatic carbocycles. The molecule has 1 aliphatic carbocycles. The third-order valence-corrected chi connectivity index (χ3v) is 5.37. The van der Waals surface area contributed by atoms with Gasteiger partial charge in [-0.2, -0.15) is 0 Å². The molecule has 1 N–H and O–H groups in total. The lowest BCUT2D eigenvalue weighted by atomic mass is 9.91. The van der Waals surface area contributed by atoms with E-state index in [1.165, 1.54) is 0 Å². The smallest absolute Gasteiger partial charge is 0.311 e. The fourth-order valence-corrected chi connectivity index (χ4v) is 3.52. The van der Waals surface area contributed by atoms with Crippen molar-refractivity contribution in [1.29, 1.82) is 0 Å². The Bertz CT molecular complexity index is 645. The van der Waals surface area contributed by atoms with Crippen LogP contribution in [0.1, 0.15) is 62.4 Å². The van der Waals surface area contributed by atoms with E-state index in [1.54, 1.807) is 19.1 Å². The van der Waals surface area contributed by atoms with Gasteiger partial charge in [-0.25, -0.2) is 0 Å². The van der Waals surface area contributed by atoms with Crippen LogP contribution in [0.4, 0.5) is 0 Å². The summed E-state index contributed by atoms with van der Waals surface area (Å²) in [5.41, 5.74) is 1.35. The van der Waals surface area contributed by atoms with E-state index in [0.29, 0.717) is 36.6 Å². The van der Waals surface area contributed by atoms with Gasteiger partial charge < -0.3 is 14.8 Å². The van der Waals surface area contributed by atoms with Crippen molar-refractivity contribution >= 4 is 23.5 Å². The standard InChI is InChI=1S/C21H30ClNO4/c1-4-19(26-5-2)17(21(25)27-6-3)12-14-10-11-15(13-18(14)22)20(24)23-16-8-7-9-16/h10-11,13,16-17,19H,4-9,12H2,1-3H3,(H,23,24). The second-order valence-corrected chi connectivity index (χ2v) is 7.28. The van der Waals surface area contributed by atoms with Crippen LogP contribution in [0, 0.1) is 5.92 Å². The Hall–Kier alpha value is -1.59. The maximum Gasteiger partial charge on any atom is 0.311 e. The van der Waals surface area contributed by atoms with Gasteiger partial charge in [0.25, 0.3) is 5.91 Å². The molecule has 2 rings (SSSR count). The highest BCUT2D eigenvalue weighted by atomic mass is 35.5. The Morgan fingerprint density at radius 2 is 1.96 bits per heavy atom. The molecule has 0 spiro atoms. The number of hydrogen-bond acceptors (Lipinski definition) is 4. The van der Waals surface area contributed by atoms with Gasteiger partial charge in [0.15, 0.2) is 0 Å². The van der Waals surface area contributed by atoms with E-state index in [2.05, 4.69) is 5.32 Å². The highest BCUT2D eigenvalue weighted by Gasteiger charge is 2.30. The third kappa shape index (κ3) is 5.94. The molecule has 2 atom stereocenters. The predicted octanol–water partition coefficient (Wildman–Crippen LogP) is 4.16. The van der Waals surface area contributed by atoms with Crippen molar-refractivity contribution in [3.05, 3.63) is 34.3 Å². The fraction of sp³-hybridized carbons (Fsp3) is 0.619. The van der Waals surface area contributed by atoms with Gasteiger partial charge in [-0.05, 0) is 63.6 Å². The van der Waals surface area contributed by atoms with Gasteiger partial charge in [0.05, 0.1) is 18.6 Å². The first-order valence-corrected chi connectivity index (χ1v) is 10.2. The van der Waals surface area contributed by atoms with Crippen LogP contribution >= 0.6 is 11.6 Å². The maximum atomic E-state index is 12.5. The number of hydrogen-bond donors (Lipinski definition) is 1. The summed E-state index contributed by atoms with van der Waals surface area (Å²) >= 11 is 6.44. The Balaban J connectivity index is 2.13. The van der Waals surface area contributed by atoms with Crippen LogP contribution in [0.15, 0.2) is 18.2 Å². The highest BCUT2D eigenvalue weighted by Crippen LogP contribution is 2.26. The summed E-state index contributed by atoms with van der Waals surface area (Å²) in [5, 5.41) is 3.49. The first-order chi connectivity index (χ1) is 13.0. The van der Waals surface area contributed by atoms with E-state index in [0.717, 1.165) is 24.8 Å². The number of carbonyl (C=O) groups excluding carboxylic acids is 2. The highest BCUT2D eigenvalue weighted by molar-refractivity contribution is 6.31. The van der Waals surface area contributed by atoms with Gasteiger partial charge in [-0.15, -0.1) is 0 Å². The minimum absolute atomic E-state index is 0.101. The second-order valence-electron chi connectivity index (χ2n) is 6.87. The second kappa shape index (κ2) is 10.7. The molecule has 1 fully saturated rings. The molecule has 0 radical (unpaired) electrons. The lowest BCUT2D eigenvalue weighted by Crippen LogP contribution is -2.39. The van der Waals surface area contributed by atoms with Crippen LogP contribution in [0.25, 0.3) is 0 Å². The van der Waals surface area contributed by atoms with Crippen LogP contribution in [0.3, 0.4) is 0 Å². The normalized spacial score (nSPS) is 16.3. The third-order valence-electron chi connectivity index (χ3n) is 5.02. The zero-order chi connectivity index (χ0) is 19.8. The number of rotatable bonds is 10. The number of esters is 1. The topological polar surface area (TPSA) is 64.6 Å². The van der Waals surface area contributed by atoms with Crippen molar-refractivity contribution in [2.24, 2.45) is 5.92 Å². The molecular weight excluding hydrogens is 366 g/mol. The Kier molecular flexibility index (Phi) is 8.58. The summed E-state index contributed by atoms with van der Waals surface area (Å²) in [6.45, 7) is 6.54. The minimum atomic E-state index is -0.429. The number of benzene rings is 1. The average Bonchev–Trinajstić information content (AvgIpc) is 2.62. The van der Waals surface area contributed by atoms with Crippen LogP contribution in [0.5, 0.6) is 0 Å². The number of ether oxygens (including phenoxy) is 2. The van der Waals surface area contributed by atoms with Crippen LogP contribution in [-0.2, 0) is 20.7 Å². The molecule has 150 valence electrons. The van der Waals surface area contributed by atoms with Crippen molar-refractivity contribution in [3.63, 3.8) is 0 Å². The summed E-state index contributed by atoms with van der Waals surface area (Å²) < 4.78 is 11.0. The van der Waals surface area contributed by atoms with Gasteiger partial charge in [0.2, 0.25) is 0 Å². The molecule has 0 aliphatic heterocycles. The summed E-state index contributed by atoms with van der Waals surface area (Å²) in [6.07, 6.45) is 4.13. The van der Waals surface area contributed by atoms with Crippen LogP contribution in [-0.4, -0.2) is 37.2 Å². The van der Waals surface area contributed by atoms with E-state index < -0.39 is 5.92 Å². The van der Waals surface area contributed by atoms with Crippen LogP contribution in [0.2, 0.25) is 5.02 Å². The Labute approximate surface area is 166 Å². The zero-order valence-corrected chi connectivity index (χ0v) is 17.2. The van der Waals surface area contributed by atoms with Crippen LogP contribution < -0.4 is 5.32 Å². The van der Waals surface area contributed by atoms with Crippen molar-refractivity contribution in [1.82, 2.24) is 5.32 Å². The Morgan fingerprint density at radius 1 is 1.22 bits per heavy atom. The monoisotopic (exact) mass is 395 g/mol. The summed E-state index contributed by atoms with van der Waals surface area (Å²) in [6, 6.07) is 5.54. The predicted molar refractivity (Wildman–Crippen MR) is 106 cm³/mol. The van der Waals surface area contributed by atoms with E-state index in [1.807, 2.05) is 19.9 Å². The summed E-state index contributed by atoms with van der Waals surface area (Å²) in [4.78, 5) is 24.8. The molecule has 1 aromatic rings. The van der Waals surface area contributed by atoms with Crippen molar-refractivity contribution in [2.45, 2.75) is 65.0 Å². The van der Waals surface area contributed by atoms with Gasteiger partial charge in [-0.3, -0.25) is 9.59 Å². The molecule has 0 heterocycles. The molecule has 2 unspecified atom stereocenters. The van der Waals surface area contributed by atoms with Gasteiger partial charge >= 0.3 is 5.97 Å². The van der Waals surface area contributed by atoms with Gasteiger partial charge in [0.1, 0.15) is 0 Å². The lowest BCUT2D eigenvalue weighted by molar-refractivity contribution is -0.153. The number of amides is 1. The lowest BCUT2D eigenvalue weighted by Gasteiger charge is -2.26. The molecule has 0 saturated heterocycles. The van der Waals surface area contributed by atoms with E-state index in [9.17, 15) is 9.59 Å². The van der Waals surface area contributed by atoms with E-state index >= 15 is 0 Å². The summed E-state index contributed by atoms with van der Waals surface area (Å²) in [5.74, 6) is -0.807. The molecule has 0 aromatic heterocycles. The molecular formula is C21H30ClNO4. The van der Waals surface area contributed by atoms with E-state index in [4.69, 9.17) is 21.1 Å². The molecule has 1 aliphatic rings. The Morgan fingerprint density at radius 3 is 2.48 bits per heavy atom.